The molecule has 1 unspecified atom stereocenters. The molecule has 0 heterocycles. The van der Waals surface area contributed by atoms with Gasteiger partial charge in [-0.15, -0.1) is 0 Å². The van der Waals surface area contributed by atoms with Gasteiger partial charge in [-0.25, -0.2) is 0 Å². The molecule has 4 nitrogen and oxygen atoms in total. The van der Waals surface area contributed by atoms with E-state index in [4.69, 9.17) is 9.84 Å². The molecule has 0 spiro atoms. The summed E-state index contributed by atoms with van der Waals surface area (Å²) >= 11 is 3.82. The number of aliphatic carboxylic acids is 1. The van der Waals surface area contributed by atoms with E-state index in [0.717, 1.165) is 25.7 Å². The average molecular weight is 246 g/mol. The van der Waals surface area contributed by atoms with Gasteiger partial charge in [0.25, 0.3) is 0 Å². The summed E-state index contributed by atoms with van der Waals surface area (Å²) in [4.78, 5) is 21.9. The number of esters is 1. The molecule has 0 saturated heterocycles. The molecule has 1 rings (SSSR count). The van der Waals surface area contributed by atoms with E-state index in [1.807, 2.05) is 0 Å². The smallest absolute Gasteiger partial charge is 0.315 e. The Morgan fingerprint density at radius 1 is 1.31 bits per heavy atom. The van der Waals surface area contributed by atoms with Crippen molar-refractivity contribution in [1.29, 1.82) is 0 Å². The van der Waals surface area contributed by atoms with Crippen molar-refractivity contribution in [1.82, 2.24) is 0 Å². The second-order valence-electron chi connectivity index (χ2n) is 4.18. The minimum absolute atomic E-state index is 0.00282. The van der Waals surface area contributed by atoms with E-state index < -0.39 is 18.0 Å². The van der Waals surface area contributed by atoms with Gasteiger partial charge in [0.15, 0.2) is 0 Å². The van der Waals surface area contributed by atoms with Crippen molar-refractivity contribution in [2.75, 3.05) is 5.75 Å². The summed E-state index contributed by atoms with van der Waals surface area (Å²) in [5.41, 5.74) is 0. The molecule has 1 N–H and O–H groups in total. The molecule has 0 aromatic carbocycles. The van der Waals surface area contributed by atoms with Crippen molar-refractivity contribution >= 4 is 24.6 Å². The summed E-state index contributed by atoms with van der Waals surface area (Å²) in [6, 6.07) is 0. The zero-order chi connectivity index (χ0) is 12.0. The topological polar surface area (TPSA) is 63.6 Å². The van der Waals surface area contributed by atoms with Gasteiger partial charge >= 0.3 is 11.9 Å². The highest BCUT2D eigenvalue weighted by Crippen LogP contribution is 2.29. The highest BCUT2D eigenvalue weighted by molar-refractivity contribution is 7.81. The molecule has 1 fully saturated rings. The number of hydrogen-bond donors (Lipinski definition) is 2. The number of carbonyl (C=O) groups excluding carboxylic acids is 1. The summed E-state index contributed by atoms with van der Waals surface area (Å²) < 4.78 is 5.15. The number of thiol groups is 1. The predicted molar refractivity (Wildman–Crippen MR) is 62.6 cm³/mol. The lowest BCUT2D eigenvalue weighted by Gasteiger charge is -2.28. The number of carboxylic acids is 1. The molecule has 0 radical (unpaired) electrons. The molecule has 0 bridgehead atoms. The lowest BCUT2D eigenvalue weighted by atomic mass is 9.84. The molecular formula is C11H18O4S. The molecule has 1 saturated carbocycles. The van der Waals surface area contributed by atoms with E-state index in [1.54, 1.807) is 0 Å². The molecule has 1 aliphatic rings. The first-order chi connectivity index (χ1) is 7.63. The van der Waals surface area contributed by atoms with Crippen LogP contribution in [-0.2, 0) is 14.3 Å². The molecule has 0 aromatic rings. The fourth-order valence-electron chi connectivity index (χ4n) is 2.19. The molecule has 16 heavy (non-hydrogen) atoms. The quantitative estimate of drug-likeness (QED) is 0.574. The van der Waals surface area contributed by atoms with E-state index in [2.05, 4.69) is 12.6 Å². The van der Waals surface area contributed by atoms with Crippen LogP contribution in [0.3, 0.4) is 0 Å². The molecule has 1 atom stereocenters. The Kier molecular flexibility index (Phi) is 5.66. The van der Waals surface area contributed by atoms with Crippen LogP contribution in [0.2, 0.25) is 0 Å². The van der Waals surface area contributed by atoms with Crippen LogP contribution in [-0.4, -0.2) is 28.9 Å². The zero-order valence-electron chi connectivity index (χ0n) is 9.22. The maximum Gasteiger partial charge on any atom is 0.315 e. The number of carbonyl (C=O) groups is 2. The van der Waals surface area contributed by atoms with Crippen molar-refractivity contribution in [3.63, 3.8) is 0 Å². The van der Waals surface area contributed by atoms with Crippen LogP contribution in [0.4, 0.5) is 0 Å². The number of rotatable bonds is 5. The van der Waals surface area contributed by atoms with E-state index >= 15 is 0 Å². The maximum atomic E-state index is 11.2. The van der Waals surface area contributed by atoms with Crippen molar-refractivity contribution in [2.45, 2.75) is 44.6 Å². The molecule has 1 aliphatic carbocycles. The second kappa shape index (κ2) is 6.78. The van der Waals surface area contributed by atoms with Gasteiger partial charge < -0.3 is 9.84 Å². The van der Waals surface area contributed by atoms with Gasteiger partial charge in [0.05, 0.1) is 12.2 Å². The summed E-state index contributed by atoms with van der Waals surface area (Å²) in [5.74, 6) is -1.14. The predicted octanol–water partition coefficient (Wildman–Crippen LogP) is 1.88. The normalized spacial score (nSPS) is 19.1. The van der Waals surface area contributed by atoms with Gasteiger partial charge in [-0.05, 0) is 18.8 Å². The first-order valence-electron chi connectivity index (χ1n) is 5.65. The van der Waals surface area contributed by atoms with Crippen LogP contribution in [0.5, 0.6) is 0 Å². The average Bonchev–Trinajstić information content (AvgIpc) is 2.28. The highest BCUT2D eigenvalue weighted by Gasteiger charge is 2.28. The molecule has 5 heteroatoms. The Hall–Kier alpha value is -0.710. The largest absolute Gasteiger partial charge is 0.481 e. The van der Waals surface area contributed by atoms with E-state index in [9.17, 15) is 9.59 Å². The first kappa shape index (κ1) is 13.4. The van der Waals surface area contributed by atoms with E-state index in [0.29, 0.717) is 0 Å². The molecule has 0 amide bonds. The van der Waals surface area contributed by atoms with Crippen LogP contribution in [0.25, 0.3) is 0 Å². The van der Waals surface area contributed by atoms with E-state index in [1.165, 1.54) is 6.42 Å². The van der Waals surface area contributed by atoms with Gasteiger partial charge in [-0.3, -0.25) is 9.59 Å². The summed E-state index contributed by atoms with van der Waals surface area (Å²) in [7, 11) is 0. The summed E-state index contributed by atoms with van der Waals surface area (Å²) in [6.45, 7) is 0. The minimum atomic E-state index is -0.914. The fraction of sp³-hybridized carbons (Fsp3) is 0.818. The third-order valence-electron chi connectivity index (χ3n) is 2.96. The Morgan fingerprint density at radius 3 is 2.44 bits per heavy atom. The SMILES string of the molecule is O=C(O)CC(OC(=O)CS)C1CCCCC1. The molecule has 0 aliphatic heterocycles. The fourth-order valence-corrected chi connectivity index (χ4v) is 2.26. The van der Waals surface area contributed by atoms with Crippen LogP contribution < -0.4 is 0 Å². The molecule has 92 valence electrons. The van der Waals surface area contributed by atoms with Crippen LogP contribution in [0.15, 0.2) is 0 Å². The number of carboxylic acid groups (broad SMARTS) is 1. The third kappa shape index (κ3) is 4.43. The first-order valence-corrected chi connectivity index (χ1v) is 6.29. The van der Waals surface area contributed by atoms with Gasteiger partial charge in [0, 0.05) is 0 Å². The van der Waals surface area contributed by atoms with Crippen molar-refractivity contribution in [2.24, 2.45) is 5.92 Å². The van der Waals surface area contributed by atoms with Crippen molar-refractivity contribution in [3.05, 3.63) is 0 Å². The van der Waals surface area contributed by atoms with Gasteiger partial charge in [-0.1, -0.05) is 19.3 Å². The van der Waals surface area contributed by atoms with Gasteiger partial charge in [0.2, 0.25) is 0 Å². The van der Waals surface area contributed by atoms with Gasteiger partial charge in [-0.2, -0.15) is 12.6 Å². The lowest BCUT2D eigenvalue weighted by Crippen LogP contribution is -2.31. The van der Waals surface area contributed by atoms with Crippen LogP contribution in [0, 0.1) is 5.92 Å². The van der Waals surface area contributed by atoms with E-state index in [-0.39, 0.29) is 18.1 Å². The maximum absolute atomic E-state index is 11.2. The summed E-state index contributed by atoms with van der Waals surface area (Å²) in [5, 5.41) is 8.79. The number of ether oxygens (including phenoxy) is 1. The van der Waals surface area contributed by atoms with Gasteiger partial charge in [0.1, 0.15) is 6.10 Å². The number of hydrogen-bond acceptors (Lipinski definition) is 4. The molecular weight excluding hydrogens is 228 g/mol. The third-order valence-corrected chi connectivity index (χ3v) is 3.22. The lowest BCUT2D eigenvalue weighted by molar-refractivity contribution is -0.154. The summed E-state index contributed by atoms with van der Waals surface area (Å²) in [6.07, 6.45) is 4.73. The Morgan fingerprint density at radius 2 is 1.94 bits per heavy atom. The van der Waals surface area contributed by atoms with Crippen LogP contribution >= 0.6 is 12.6 Å². The Balaban J connectivity index is 2.53. The zero-order valence-corrected chi connectivity index (χ0v) is 10.1. The van der Waals surface area contributed by atoms with Crippen molar-refractivity contribution in [3.8, 4) is 0 Å². The monoisotopic (exact) mass is 246 g/mol. The standard InChI is InChI=1S/C11H18O4S/c12-10(13)6-9(15-11(14)7-16)8-4-2-1-3-5-8/h8-9,16H,1-7H2,(H,12,13). The highest BCUT2D eigenvalue weighted by atomic mass is 32.1. The Bertz CT molecular complexity index is 248. The van der Waals surface area contributed by atoms with Crippen molar-refractivity contribution < 1.29 is 19.4 Å². The minimum Gasteiger partial charge on any atom is -0.481 e. The van der Waals surface area contributed by atoms with Crippen LogP contribution in [0.1, 0.15) is 38.5 Å². The Labute approximate surface area is 101 Å². The molecule has 0 aromatic heterocycles. The second-order valence-corrected chi connectivity index (χ2v) is 4.50.